The lowest BCUT2D eigenvalue weighted by molar-refractivity contribution is -0.127. The van der Waals surface area contributed by atoms with E-state index in [9.17, 15) is 4.79 Å². The Kier molecular flexibility index (Phi) is 5.41. The number of amides is 1. The summed E-state index contributed by atoms with van der Waals surface area (Å²) in [5.41, 5.74) is 2.29. The molecule has 1 aromatic carbocycles. The Morgan fingerprint density at radius 2 is 2.10 bits per heavy atom. The van der Waals surface area contributed by atoms with E-state index in [2.05, 4.69) is 11.4 Å². The van der Waals surface area contributed by atoms with Gasteiger partial charge in [0.05, 0.1) is 6.54 Å². The van der Waals surface area contributed by atoms with Crippen LogP contribution < -0.4 is 10.1 Å². The Morgan fingerprint density at radius 1 is 1.35 bits per heavy atom. The molecule has 0 atom stereocenters. The molecule has 1 amide bonds. The second-order valence-electron chi connectivity index (χ2n) is 5.30. The van der Waals surface area contributed by atoms with Crippen LogP contribution in [0.15, 0.2) is 18.2 Å². The SMILES string of the molecule is Cc1ccc(C)c(OCCNC(=O)C2CCOCC2)c1. The van der Waals surface area contributed by atoms with Crippen molar-refractivity contribution in [2.45, 2.75) is 26.7 Å². The minimum atomic E-state index is 0.101. The van der Waals surface area contributed by atoms with Gasteiger partial charge in [0.25, 0.3) is 0 Å². The lowest BCUT2D eigenvalue weighted by Crippen LogP contribution is -2.36. The summed E-state index contributed by atoms with van der Waals surface area (Å²) in [6, 6.07) is 6.13. The van der Waals surface area contributed by atoms with E-state index in [4.69, 9.17) is 9.47 Å². The number of ether oxygens (including phenoxy) is 2. The molecule has 4 heteroatoms. The van der Waals surface area contributed by atoms with Crippen LogP contribution in [-0.2, 0) is 9.53 Å². The third-order valence-electron chi connectivity index (χ3n) is 3.59. The molecule has 0 aliphatic carbocycles. The minimum Gasteiger partial charge on any atom is -0.491 e. The summed E-state index contributed by atoms with van der Waals surface area (Å²) in [6.45, 7) is 6.49. The van der Waals surface area contributed by atoms with Crippen LogP contribution in [0.5, 0.6) is 5.75 Å². The smallest absolute Gasteiger partial charge is 0.223 e. The maximum absolute atomic E-state index is 11.9. The molecule has 0 spiro atoms. The first-order chi connectivity index (χ1) is 9.66. The van der Waals surface area contributed by atoms with Crippen LogP contribution >= 0.6 is 0 Å². The number of carbonyl (C=O) groups is 1. The van der Waals surface area contributed by atoms with Gasteiger partial charge in [-0.1, -0.05) is 12.1 Å². The van der Waals surface area contributed by atoms with Crippen LogP contribution in [0.4, 0.5) is 0 Å². The Labute approximate surface area is 120 Å². The summed E-state index contributed by atoms with van der Waals surface area (Å²) >= 11 is 0. The van der Waals surface area contributed by atoms with E-state index in [1.165, 1.54) is 5.56 Å². The molecule has 2 rings (SSSR count). The first-order valence-electron chi connectivity index (χ1n) is 7.22. The largest absolute Gasteiger partial charge is 0.491 e. The highest BCUT2D eigenvalue weighted by Gasteiger charge is 2.20. The van der Waals surface area contributed by atoms with Crippen molar-refractivity contribution in [3.8, 4) is 5.75 Å². The summed E-state index contributed by atoms with van der Waals surface area (Å²) in [5, 5.41) is 2.94. The molecule has 4 nitrogen and oxygen atoms in total. The molecule has 20 heavy (non-hydrogen) atoms. The van der Waals surface area contributed by atoms with Gasteiger partial charge in [-0.25, -0.2) is 0 Å². The van der Waals surface area contributed by atoms with Crippen molar-refractivity contribution in [2.24, 2.45) is 5.92 Å². The highest BCUT2D eigenvalue weighted by molar-refractivity contribution is 5.78. The molecule has 1 aromatic rings. The number of rotatable bonds is 5. The lowest BCUT2D eigenvalue weighted by atomic mass is 9.99. The third kappa shape index (κ3) is 4.23. The summed E-state index contributed by atoms with van der Waals surface area (Å²) in [7, 11) is 0. The van der Waals surface area contributed by atoms with Crippen molar-refractivity contribution in [3.63, 3.8) is 0 Å². The fraction of sp³-hybridized carbons (Fsp3) is 0.562. The van der Waals surface area contributed by atoms with Gasteiger partial charge in [0.2, 0.25) is 5.91 Å². The first-order valence-corrected chi connectivity index (χ1v) is 7.22. The second kappa shape index (κ2) is 7.29. The predicted octanol–water partition coefficient (Wildman–Crippen LogP) is 2.23. The molecule has 1 aliphatic rings. The first kappa shape index (κ1) is 14.9. The van der Waals surface area contributed by atoms with Crippen LogP contribution in [0.25, 0.3) is 0 Å². The number of hydrogen-bond acceptors (Lipinski definition) is 3. The van der Waals surface area contributed by atoms with Gasteiger partial charge in [0, 0.05) is 19.1 Å². The normalized spacial score (nSPS) is 15.9. The van der Waals surface area contributed by atoms with E-state index in [-0.39, 0.29) is 11.8 Å². The lowest BCUT2D eigenvalue weighted by Gasteiger charge is -2.21. The molecule has 110 valence electrons. The zero-order valence-electron chi connectivity index (χ0n) is 12.3. The van der Waals surface area contributed by atoms with Gasteiger partial charge in [0.1, 0.15) is 12.4 Å². The highest BCUT2D eigenvalue weighted by Crippen LogP contribution is 2.19. The molecule has 0 bridgehead atoms. The average molecular weight is 277 g/mol. The van der Waals surface area contributed by atoms with Crippen LogP contribution in [0.1, 0.15) is 24.0 Å². The van der Waals surface area contributed by atoms with Crippen LogP contribution in [0.3, 0.4) is 0 Å². The second-order valence-corrected chi connectivity index (χ2v) is 5.30. The fourth-order valence-corrected chi connectivity index (χ4v) is 2.30. The van der Waals surface area contributed by atoms with Crippen LogP contribution in [0.2, 0.25) is 0 Å². The topological polar surface area (TPSA) is 47.6 Å². The van der Waals surface area contributed by atoms with Crippen molar-refractivity contribution >= 4 is 5.91 Å². The summed E-state index contributed by atoms with van der Waals surface area (Å²) in [4.78, 5) is 11.9. The van der Waals surface area contributed by atoms with Crippen molar-refractivity contribution in [2.75, 3.05) is 26.4 Å². The van der Waals surface area contributed by atoms with Crippen LogP contribution in [0, 0.1) is 19.8 Å². The Balaban J connectivity index is 1.70. The minimum absolute atomic E-state index is 0.101. The number of benzene rings is 1. The van der Waals surface area contributed by atoms with Crippen molar-refractivity contribution in [1.29, 1.82) is 0 Å². The molecule has 0 saturated carbocycles. The van der Waals surface area contributed by atoms with Gasteiger partial charge in [-0.2, -0.15) is 0 Å². The molecular weight excluding hydrogens is 254 g/mol. The standard InChI is InChI=1S/C16H23NO3/c1-12-3-4-13(2)15(11-12)20-10-7-17-16(18)14-5-8-19-9-6-14/h3-4,11,14H,5-10H2,1-2H3,(H,17,18). The molecular formula is C16H23NO3. The molecule has 0 aromatic heterocycles. The maximum atomic E-state index is 11.9. The zero-order chi connectivity index (χ0) is 14.4. The van der Waals surface area contributed by atoms with Crippen LogP contribution in [-0.4, -0.2) is 32.3 Å². The highest BCUT2D eigenvalue weighted by atomic mass is 16.5. The summed E-state index contributed by atoms with van der Waals surface area (Å²) in [6.07, 6.45) is 1.65. The van der Waals surface area contributed by atoms with Gasteiger partial charge < -0.3 is 14.8 Å². The van der Waals surface area contributed by atoms with Gasteiger partial charge in [-0.3, -0.25) is 4.79 Å². The number of aryl methyl sites for hydroxylation is 2. The van der Waals surface area contributed by atoms with Crippen molar-refractivity contribution in [3.05, 3.63) is 29.3 Å². The molecule has 1 N–H and O–H groups in total. The number of hydrogen-bond donors (Lipinski definition) is 1. The quantitative estimate of drug-likeness (QED) is 0.840. The Bertz CT molecular complexity index is 453. The maximum Gasteiger partial charge on any atom is 0.223 e. The van der Waals surface area contributed by atoms with E-state index < -0.39 is 0 Å². The van der Waals surface area contributed by atoms with Gasteiger partial charge >= 0.3 is 0 Å². The van der Waals surface area contributed by atoms with Gasteiger partial charge in [-0.05, 0) is 43.9 Å². The van der Waals surface area contributed by atoms with Gasteiger partial charge in [0.15, 0.2) is 0 Å². The predicted molar refractivity (Wildman–Crippen MR) is 78.0 cm³/mol. The summed E-state index contributed by atoms with van der Waals surface area (Å²) in [5.74, 6) is 1.12. The van der Waals surface area contributed by atoms with Crippen molar-refractivity contribution in [1.82, 2.24) is 5.32 Å². The molecule has 1 saturated heterocycles. The molecule has 1 fully saturated rings. The molecule has 1 aliphatic heterocycles. The van der Waals surface area contributed by atoms with E-state index >= 15 is 0 Å². The van der Waals surface area contributed by atoms with E-state index in [1.807, 2.05) is 26.0 Å². The fourth-order valence-electron chi connectivity index (χ4n) is 2.30. The van der Waals surface area contributed by atoms with E-state index in [0.717, 1.165) is 24.2 Å². The average Bonchev–Trinajstić information content (AvgIpc) is 2.47. The molecule has 0 unspecified atom stereocenters. The molecule has 1 heterocycles. The van der Waals surface area contributed by atoms with Gasteiger partial charge in [-0.15, -0.1) is 0 Å². The Hall–Kier alpha value is -1.55. The van der Waals surface area contributed by atoms with Crippen molar-refractivity contribution < 1.29 is 14.3 Å². The third-order valence-corrected chi connectivity index (χ3v) is 3.59. The van der Waals surface area contributed by atoms with E-state index in [0.29, 0.717) is 26.4 Å². The summed E-state index contributed by atoms with van der Waals surface area (Å²) < 4.78 is 11.0. The molecule has 0 radical (unpaired) electrons. The Morgan fingerprint density at radius 3 is 2.85 bits per heavy atom. The van der Waals surface area contributed by atoms with E-state index in [1.54, 1.807) is 0 Å². The monoisotopic (exact) mass is 277 g/mol. The number of nitrogens with one attached hydrogen (secondary N) is 1. The zero-order valence-corrected chi connectivity index (χ0v) is 12.3. The number of carbonyl (C=O) groups excluding carboxylic acids is 1.